The molecule has 0 N–H and O–H groups in total. The smallest absolute Gasteiger partial charge is 0.232 e. The Kier molecular flexibility index (Phi) is 4.51. The molecule has 3 nitrogen and oxygen atoms in total. The van der Waals surface area contributed by atoms with Gasteiger partial charge >= 0.3 is 0 Å². The van der Waals surface area contributed by atoms with Crippen LogP contribution in [0.5, 0.6) is 11.5 Å². The van der Waals surface area contributed by atoms with E-state index in [9.17, 15) is 4.79 Å². The van der Waals surface area contributed by atoms with Gasteiger partial charge in [-0.1, -0.05) is 54.6 Å². The molecule has 0 fully saturated rings. The second-order valence-corrected chi connectivity index (χ2v) is 6.68. The normalized spacial score (nSPS) is 14.1. The fourth-order valence-electron chi connectivity index (χ4n) is 3.19. The van der Waals surface area contributed by atoms with Gasteiger partial charge in [-0.15, -0.1) is 0 Å². The lowest BCUT2D eigenvalue weighted by Gasteiger charge is -2.10. The molecule has 134 valence electrons. The van der Waals surface area contributed by atoms with Crippen molar-refractivity contribution in [1.82, 2.24) is 0 Å². The Morgan fingerprint density at radius 2 is 1.67 bits per heavy atom. The summed E-state index contributed by atoms with van der Waals surface area (Å²) in [4.78, 5) is 12.7. The number of ether oxygens (including phenoxy) is 2. The van der Waals surface area contributed by atoms with Gasteiger partial charge in [0.2, 0.25) is 5.78 Å². The van der Waals surface area contributed by atoms with E-state index >= 15 is 0 Å². The molecule has 0 atom stereocenters. The Labute approximate surface area is 158 Å². The molecular formula is C24H20O3. The van der Waals surface area contributed by atoms with Crippen LogP contribution in [-0.2, 0) is 6.61 Å². The van der Waals surface area contributed by atoms with E-state index in [1.54, 1.807) is 12.1 Å². The van der Waals surface area contributed by atoms with Crippen molar-refractivity contribution in [3.63, 3.8) is 0 Å². The summed E-state index contributed by atoms with van der Waals surface area (Å²) in [6.07, 6.45) is 1.77. The molecule has 0 saturated carbocycles. The highest BCUT2D eigenvalue weighted by atomic mass is 16.5. The molecule has 0 bridgehead atoms. The lowest BCUT2D eigenvalue weighted by atomic mass is 10.0. The van der Waals surface area contributed by atoms with Crippen molar-refractivity contribution >= 4 is 11.9 Å². The lowest BCUT2D eigenvalue weighted by molar-refractivity contribution is 0.101. The molecule has 27 heavy (non-hydrogen) atoms. The van der Waals surface area contributed by atoms with Crippen LogP contribution in [0.15, 0.2) is 72.5 Å². The number of fused-ring (bicyclic) bond motifs is 1. The van der Waals surface area contributed by atoms with Crippen LogP contribution in [-0.4, -0.2) is 5.78 Å². The lowest BCUT2D eigenvalue weighted by Crippen LogP contribution is -2.00. The average Bonchev–Trinajstić information content (AvgIpc) is 2.98. The van der Waals surface area contributed by atoms with Crippen molar-refractivity contribution in [2.45, 2.75) is 20.5 Å². The van der Waals surface area contributed by atoms with Gasteiger partial charge in [0, 0.05) is 6.07 Å². The number of ketones is 1. The summed E-state index contributed by atoms with van der Waals surface area (Å²) >= 11 is 0. The van der Waals surface area contributed by atoms with Crippen molar-refractivity contribution in [3.05, 3.63) is 100 Å². The van der Waals surface area contributed by atoms with Crippen LogP contribution in [0.25, 0.3) is 6.08 Å². The molecule has 0 amide bonds. The molecule has 0 unspecified atom stereocenters. The molecule has 1 aliphatic rings. The van der Waals surface area contributed by atoms with E-state index in [0.29, 0.717) is 29.4 Å². The number of Topliss-reactive ketones (excluding diaryl/α,β-unsaturated/α-hetero) is 1. The molecule has 3 aromatic rings. The van der Waals surface area contributed by atoms with Crippen molar-refractivity contribution < 1.29 is 14.3 Å². The molecule has 3 heteroatoms. The molecule has 0 aromatic heterocycles. The highest BCUT2D eigenvalue weighted by molar-refractivity contribution is 6.15. The minimum Gasteiger partial charge on any atom is -0.489 e. The van der Waals surface area contributed by atoms with Crippen LogP contribution < -0.4 is 9.47 Å². The number of carbonyl (C=O) groups excluding carboxylic acids is 1. The molecular weight excluding hydrogens is 336 g/mol. The highest BCUT2D eigenvalue weighted by Crippen LogP contribution is 2.37. The molecule has 0 saturated heterocycles. The second kappa shape index (κ2) is 7.12. The maximum absolute atomic E-state index is 12.7. The van der Waals surface area contributed by atoms with Gasteiger partial charge in [-0.05, 0) is 48.2 Å². The largest absolute Gasteiger partial charge is 0.489 e. The zero-order chi connectivity index (χ0) is 18.8. The maximum Gasteiger partial charge on any atom is 0.232 e. The topological polar surface area (TPSA) is 35.5 Å². The summed E-state index contributed by atoms with van der Waals surface area (Å²) in [6.45, 7) is 4.45. The van der Waals surface area contributed by atoms with Gasteiger partial charge in [0.05, 0.1) is 5.56 Å². The summed E-state index contributed by atoms with van der Waals surface area (Å²) in [5, 5.41) is 0. The van der Waals surface area contributed by atoms with Gasteiger partial charge in [0.15, 0.2) is 5.76 Å². The van der Waals surface area contributed by atoms with E-state index in [2.05, 4.69) is 19.1 Å². The third-order valence-electron chi connectivity index (χ3n) is 4.70. The number of hydrogen-bond donors (Lipinski definition) is 0. The van der Waals surface area contributed by atoms with Crippen molar-refractivity contribution in [3.8, 4) is 11.5 Å². The first-order valence-electron chi connectivity index (χ1n) is 8.93. The molecule has 3 aromatic carbocycles. The van der Waals surface area contributed by atoms with Crippen molar-refractivity contribution in [1.29, 1.82) is 0 Å². The predicted molar refractivity (Wildman–Crippen MR) is 106 cm³/mol. The van der Waals surface area contributed by atoms with E-state index in [-0.39, 0.29) is 5.78 Å². The summed E-state index contributed by atoms with van der Waals surface area (Å²) in [6, 6.07) is 21.5. The number of carbonyl (C=O) groups is 1. The summed E-state index contributed by atoms with van der Waals surface area (Å²) in [5.74, 6) is 1.51. The Morgan fingerprint density at radius 1 is 0.926 bits per heavy atom. The fourth-order valence-corrected chi connectivity index (χ4v) is 3.19. The number of aryl methyl sites for hydroxylation is 2. The first kappa shape index (κ1) is 17.1. The van der Waals surface area contributed by atoms with Gasteiger partial charge < -0.3 is 9.47 Å². The van der Waals surface area contributed by atoms with Gasteiger partial charge in [0.1, 0.15) is 18.1 Å². The molecule has 0 radical (unpaired) electrons. The SMILES string of the molecule is Cc1ccccc1COc1cc(C)c2c(c1)O/C(=C\c1ccccc1)C2=O. The first-order valence-corrected chi connectivity index (χ1v) is 8.93. The quantitative estimate of drug-likeness (QED) is 0.579. The maximum atomic E-state index is 12.7. The minimum absolute atomic E-state index is 0.0863. The second-order valence-electron chi connectivity index (χ2n) is 6.68. The summed E-state index contributed by atoms with van der Waals surface area (Å²) in [7, 11) is 0. The van der Waals surface area contributed by atoms with E-state index in [1.807, 2.05) is 55.5 Å². The average molecular weight is 356 g/mol. The molecule has 0 aliphatic carbocycles. The van der Waals surface area contributed by atoms with E-state index < -0.39 is 0 Å². The molecule has 1 aliphatic heterocycles. The fraction of sp³-hybridized carbons (Fsp3) is 0.125. The van der Waals surface area contributed by atoms with Gasteiger partial charge in [-0.2, -0.15) is 0 Å². The van der Waals surface area contributed by atoms with Crippen LogP contribution in [0.2, 0.25) is 0 Å². The number of rotatable bonds is 4. The zero-order valence-corrected chi connectivity index (χ0v) is 15.4. The first-order chi connectivity index (χ1) is 13.1. The van der Waals surface area contributed by atoms with Crippen molar-refractivity contribution in [2.24, 2.45) is 0 Å². The number of benzene rings is 3. The van der Waals surface area contributed by atoms with E-state index in [1.165, 1.54) is 5.56 Å². The van der Waals surface area contributed by atoms with Crippen LogP contribution in [0.3, 0.4) is 0 Å². The molecule has 4 rings (SSSR count). The minimum atomic E-state index is -0.0863. The Morgan fingerprint density at radius 3 is 2.44 bits per heavy atom. The standard InChI is InChI=1S/C24H20O3/c1-16-8-6-7-11-19(16)15-26-20-12-17(2)23-21(14-20)27-22(24(23)25)13-18-9-4-3-5-10-18/h3-14H,15H2,1-2H3/b22-13-. The van der Waals surface area contributed by atoms with E-state index in [0.717, 1.165) is 16.7 Å². The van der Waals surface area contributed by atoms with Gasteiger partial charge in [-0.3, -0.25) is 4.79 Å². The predicted octanol–water partition coefficient (Wildman–Crippen LogP) is 5.50. The molecule has 1 heterocycles. The Bertz CT molecular complexity index is 1030. The van der Waals surface area contributed by atoms with Gasteiger partial charge in [0.25, 0.3) is 0 Å². The van der Waals surface area contributed by atoms with Crippen LogP contribution in [0.4, 0.5) is 0 Å². The molecule has 0 spiro atoms. The number of allylic oxidation sites excluding steroid dienone is 1. The van der Waals surface area contributed by atoms with Crippen LogP contribution in [0.1, 0.15) is 32.6 Å². The Balaban J connectivity index is 1.58. The highest BCUT2D eigenvalue weighted by Gasteiger charge is 2.30. The third-order valence-corrected chi connectivity index (χ3v) is 4.70. The third kappa shape index (κ3) is 3.49. The van der Waals surface area contributed by atoms with Gasteiger partial charge in [-0.25, -0.2) is 0 Å². The monoisotopic (exact) mass is 356 g/mol. The van der Waals surface area contributed by atoms with E-state index in [4.69, 9.17) is 9.47 Å². The number of hydrogen-bond acceptors (Lipinski definition) is 3. The van der Waals surface area contributed by atoms with Crippen LogP contribution in [0, 0.1) is 13.8 Å². The summed E-state index contributed by atoms with van der Waals surface area (Å²) < 4.78 is 11.8. The van der Waals surface area contributed by atoms with Crippen molar-refractivity contribution in [2.75, 3.05) is 0 Å². The summed E-state index contributed by atoms with van der Waals surface area (Å²) in [5.41, 5.74) is 4.73. The van der Waals surface area contributed by atoms with Crippen LogP contribution >= 0.6 is 0 Å². The zero-order valence-electron chi connectivity index (χ0n) is 15.4. The Hall–Kier alpha value is -3.33.